The zero-order valence-corrected chi connectivity index (χ0v) is 19.7. The zero-order valence-electron chi connectivity index (χ0n) is 18.9. The molecule has 3 rings (SSSR count). The quantitative estimate of drug-likeness (QED) is 0.402. The van der Waals surface area contributed by atoms with Gasteiger partial charge < -0.3 is 0 Å². The fraction of sp³-hybridized carbons (Fsp3) is 0.385. The lowest BCUT2D eigenvalue weighted by Crippen LogP contribution is -2.41. The van der Waals surface area contributed by atoms with E-state index in [4.69, 9.17) is 4.99 Å². The number of carbonyl (C=O) groups excluding carboxylic acids is 1. The van der Waals surface area contributed by atoms with E-state index < -0.39 is 0 Å². The van der Waals surface area contributed by atoms with Crippen molar-refractivity contribution in [3.05, 3.63) is 70.6 Å². The van der Waals surface area contributed by atoms with Crippen LogP contribution in [0.2, 0.25) is 0 Å². The molecule has 0 saturated carbocycles. The van der Waals surface area contributed by atoms with Gasteiger partial charge in [0.05, 0.1) is 17.3 Å². The van der Waals surface area contributed by atoms with Crippen LogP contribution < -0.4 is 0 Å². The molecular formula is C26H33N3OS. The molecule has 0 atom stereocenters. The summed E-state index contributed by atoms with van der Waals surface area (Å²) in [5.41, 5.74) is 3.11. The van der Waals surface area contributed by atoms with Gasteiger partial charge in [0.1, 0.15) is 0 Å². The number of rotatable bonds is 10. The van der Waals surface area contributed by atoms with E-state index in [1.807, 2.05) is 53.4 Å². The van der Waals surface area contributed by atoms with E-state index in [2.05, 4.69) is 37.8 Å². The first-order valence-corrected chi connectivity index (χ1v) is 12.1. The average molecular weight is 436 g/mol. The molecule has 1 amide bonds. The van der Waals surface area contributed by atoms with E-state index in [9.17, 15) is 4.79 Å². The maximum absolute atomic E-state index is 13.4. The monoisotopic (exact) mass is 435 g/mol. The first-order valence-electron chi connectivity index (χ1n) is 11.2. The van der Waals surface area contributed by atoms with E-state index in [1.54, 1.807) is 0 Å². The Morgan fingerprint density at radius 2 is 1.61 bits per heavy atom. The highest BCUT2D eigenvalue weighted by atomic mass is 32.2. The van der Waals surface area contributed by atoms with Gasteiger partial charge in [-0.25, -0.2) is 4.99 Å². The summed E-state index contributed by atoms with van der Waals surface area (Å²) in [6.07, 6.45) is 6.54. The summed E-state index contributed by atoms with van der Waals surface area (Å²) in [6, 6.07) is 18.2. The van der Waals surface area contributed by atoms with E-state index in [0.717, 1.165) is 60.1 Å². The lowest BCUT2D eigenvalue weighted by atomic mass is 10.2. The molecular weight excluding hydrogens is 402 g/mol. The van der Waals surface area contributed by atoms with Gasteiger partial charge in [-0.1, -0.05) is 74.7 Å². The van der Waals surface area contributed by atoms with E-state index >= 15 is 0 Å². The standard InChI is InChI=1S/C26H33N3OS/c1-4-6-17-28(18-7-5-2)20-29-25(30)24(19-22-11-9-8-10-12-22)31-26(29)27-23-15-13-21(3)14-16-23/h8-16,19H,4-7,17-18,20H2,1-3H3/b24-19-,27-26?. The second-order valence-electron chi connectivity index (χ2n) is 7.95. The summed E-state index contributed by atoms with van der Waals surface area (Å²) in [4.78, 5) is 23.2. The lowest BCUT2D eigenvalue weighted by molar-refractivity contribution is -0.123. The molecule has 2 aromatic carbocycles. The summed E-state index contributed by atoms with van der Waals surface area (Å²) in [7, 11) is 0. The van der Waals surface area contributed by atoms with Gasteiger partial charge in [-0.3, -0.25) is 14.6 Å². The highest BCUT2D eigenvalue weighted by Gasteiger charge is 2.34. The van der Waals surface area contributed by atoms with Crippen molar-refractivity contribution in [2.24, 2.45) is 4.99 Å². The molecule has 31 heavy (non-hydrogen) atoms. The third-order valence-electron chi connectivity index (χ3n) is 5.24. The Morgan fingerprint density at radius 1 is 0.968 bits per heavy atom. The largest absolute Gasteiger partial charge is 0.286 e. The molecule has 0 spiro atoms. The van der Waals surface area contributed by atoms with Crippen LogP contribution in [0.25, 0.3) is 6.08 Å². The molecule has 4 nitrogen and oxygen atoms in total. The smallest absolute Gasteiger partial charge is 0.267 e. The maximum Gasteiger partial charge on any atom is 0.267 e. The van der Waals surface area contributed by atoms with Crippen LogP contribution in [0.5, 0.6) is 0 Å². The van der Waals surface area contributed by atoms with Crippen molar-refractivity contribution >= 4 is 34.6 Å². The van der Waals surface area contributed by atoms with Crippen LogP contribution >= 0.6 is 11.8 Å². The minimum Gasteiger partial charge on any atom is -0.286 e. The minimum atomic E-state index is 0.0395. The van der Waals surface area contributed by atoms with Crippen molar-refractivity contribution in [3.63, 3.8) is 0 Å². The Bertz CT molecular complexity index is 898. The molecule has 2 aromatic rings. The van der Waals surface area contributed by atoms with Gasteiger partial charge in [-0.2, -0.15) is 0 Å². The van der Waals surface area contributed by atoms with Crippen molar-refractivity contribution in [3.8, 4) is 0 Å². The fourth-order valence-corrected chi connectivity index (χ4v) is 4.35. The average Bonchev–Trinajstić information content (AvgIpc) is 3.06. The number of unbranched alkanes of at least 4 members (excludes halogenated alkanes) is 2. The Labute approximate surface area is 191 Å². The Balaban J connectivity index is 1.89. The third kappa shape index (κ3) is 6.81. The lowest BCUT2D eigenvalue weighted by Gasteiger charge is -2.27. The van der Waals surface area contributed by atoms with E-state index in [-0.39, 0.29) is 5.91 Å². The normalized spacial score (nSPS) is 16.8. The van der Waals surface area contributed by atoms with Gasteiger partial charge in [0.2, 0.25) is 0 Å². The van der Waals surface area contributed by atoms with Crippen LogP contribution in [-0.4, -0.2) is 40.6 Å². The van der Waals surface area contributed by atoms with Gasteiger partial charge in [0.15, 0.2) is 5.17 Å². The van der Waals surface area contributed by atoms with Crippen molar-refractivity contribution in [1.82, 2.24) is 9.80 Å². The highest BCUT2D eigenvalue weighted by molar-refractivity contribution is 8.18. The predicted octanol–water partition coefficient (Wildman–Crippen LogP) is 6.46. The number of amidine groups is 1. The molecule has 5 heteroatoms. The van der Waals surface area contributed by atoms with Gasteiger partial charge in [0, 0.05) is 0 Å². The minimum absolute atomic E-state index is 0.0395. The van der Waals surface area contributed by atoms with Gasteiger partial charge in [0.25, 0.3) is 5.91 Å². The number of thioether (sulfide) groups is 1. The van der Waals surface area contributed by atoms with Gasteiger partial charge in [-0.15, -0.1) is 0 Å². The second kappa shape index (κ2) is 11.9. The number of nitrogens with zero attached hydrogens (tertiary/aromatic N) is 3. The molecule has 1 saturated heterocycles. The van der Waals surface area contributed by atoms with Crippen LogP contribution in [0.4, 0.5) is 5.69 Å². The number of carbonyl (C=O) groups is 1. The molecule has 1 fully saturated rings. The Hall–Kier alpha value is -2.37. The van der Waals surface area contributed by atoms with Crippen molar-refractivity contribution in [1.29, 1.82) is 0 Å². The Kier molecular flexibility index (Phi) is 8.92. The van der Waals surface area contributed by atoms with Crippen LogP contribution in [0.15, 0.2) is 64.5 Å². The van der Waals surface area contributed by atoms with Crippen molar-refractivity contribution < 1.29 is 4.79 Å². The molecule has 0 N–H and O–H groups in total. The van der Waals surface area contributed by atoms with Crippen molar-refractivity contribution in [2.45, 2.75) is 46.5 Å². The number of aliphatic imine (C=N–C) groups is 1. The van der Waals surface area contributed by atoms with Crippen LogP contribution in [0.3, 0.4) is 0 Å². The molecule has 0 unspecified atom stereocenters. The molecule has 1 aliphatic rings. The number of hydrogen-bond acceptors (Lipinski definition) is 4. The highest BCUT2D eigenvalue weighted by Crippen LogP contribution is 2.34. The Morgan fingerprint density at radius 3 is 2.23 bits per heavy atom. The molecule has 0 aliphatic carbocycles. The topological polar surface area (TPSA) is 35.9 Å². The maximum atomic E-state index is 13.4. The summed E-state index contributed by atoms with van der Waals surface area (Å²) in [5.74, 6) is 0.0395. The summed E-state index contributed by atoms with van der Waals surface area (Å²) in [5, 5.41) is 0.758. The van der Waals surface area contributed by atoms with E-state index in [1.165, 1.54) is 17.3 Å². The van der Waals surface area contributed by atoms with Crippen LogP contribution in [0, 0.1) is 6.92 Å². The molecule has 0 bridgehead atoms. The second-order valence-corrected chi connectivity index (χ2v) is 8.96. The van der Waals surface area contributed by atoms with Crippen molar-refractivity contribution in [2.75, 3.05) is 19.8 Å². The third-order valence-corrected chi connectivity index (χ3v) is 6.25. The van der Waals surface area contributed by atoms with Crippen LogP contribution in [-0.2, 0) is 4.79 Å². The summed E-state index contributed by atoms with van der Waals surface area (Å²) in [6.45, 7) is 9.07. The summed E-state index contributed by atoms with van der Waals surface area (Å²) >= 11 is 1.47. The van der Waals surface area contributed by atoms with Gasteiger partial charge >= 0.3 is 0 Å². The fourth-order valence-electron chi connectivity index (χ4n) is 3.36. The number of aryl methyl sites for hydroxylation is 1. The number of hydrogen-bond donors (Lipinski definition) is 0. The first-order chi connectivity index (χ1) is 15.1. The van der Waals surface area contributed by atoms with Gasteiger partial charge in [-0.05, 0) is 68.4 Å². The first kappa shape index (κ1) is 23.3. The molecule has 1 heterocycles. The molecule has 164 valence electrons. The molecule has 0 radical (unpaired) electrons. The summed E-state index contributed by atoms with van der Waals surface area (Å²) < 4.78 is 0. The predicted molar refractivity (Wildman–Crippen MR) is 133 cm³/mol. The SMILES string of the molecule is CCCCN(CCCC)CN1C(=O)/C(=C/c2ccccc2)SC1=Nc1ccc(C)cc1. The van der Waals surface area contributed by atoms with E-state index in [0.29, 0.717) is 6.67 Å². The molecule has 0 aromatic heterocycles. The van der Waals surface area contributed by atoms with Crippen LogP contribution in [0.1, 0.15) is 50.7 Å². The zero-order chi connectivity index (χ0) is 22.1. The molecule has 1 aliphatic heterocycles. The number of amides is 1. The number of benzene rings is 2.